The van der Waals surface area contributed by atoms with Crippen molar-refractivity contribution in [3.8, 4) is 0 Å². The zero-order chi connectivity index (χ0) is 30.7. The van der Waals surface area contributed by atoms with Crippen LogP contribution in [0.15, 0.2) is 72.8 Å². The summed E-state index contributed by atoms with van der Waals surface area (Å²) in [4.78, 5) is 43.9. The third-order valence-electron chi connectivity index (χ3n) is 8.08. The van der Waals surface area contributed by atoms with Gasteiger partial charge in [-0.1, -0.05) is 72.9 Å². The Labute approximate surface area is 260 Å². The van der Waals surface area contributed by atoms with Crippen molar-refractivity contribution in [1.82, 2.24) is 9.80 Å². The number of carbonyl (C=O) groups excluding carboxylic acids is 3. The molecule has 4 atom stereocenters. The van der Waals surface area contributed by atoms with Gasteiger partial charge in [-0.05, 0) is 59.5 Å². The molecule has 10 heteroatoms. The molecule has 0 aromatic heterocycles. The van der Waals surface area contributed by atoms with E-state index in [1.807, 2.05) is 31.2 Å². The Balaban J connectivity index is 1.59. The molecule has 2 aliphatic heterocycles. The predicted molar refractivity (Wildman–Crippen MR) is 161 cm³/mol. The number of morpholine rings is 1. The monoisotopic (exact) mass is 626 g/mol. The molecule has 1 unspecified atom stereocenters. The Morgan fingerprint density at radius 2 is 1.53 bits per heavy atom. The van der Waals surface area contributed by atoms with E-state index in [9.17, 15) is 18.8 Å². The van der Waals surface area contributed by atoms with Crippen molar-refractivity contribution >= 4 is 41.0 Å². The predicted octanol–water partition coefficient (Wildman–Crippen LogP) is 6.19. The van der Waals surface area contributed by atoms with Crippen LogP contribution in [0.5, 0.6) is 0 Å². The lowest BCUT2D eigenvalue weighted by Crippen LogP contribution is -2.63. The number of methoxy groups -OCH3 is 1. The van der Waals surface area contributed by atoms with Gasteiger partial charge in [0.15, 0.2) is 0 Å². The number of benzene rings is 3. The number of nitrogens with zero attached hydrogens (tertiary/aromatic N) is 2. The maximum atomic E-state index is 14.5. The van der Waals surface area contributed by atoms with Crippen molar-refractivity contribution in [2.75, 3.05) is 20.2 Å². The topological polar surface area (TPSA) is 76.2 Å². The highest BCUT2D eigenvalue weighted by Crippen LogP contribution is 2.45. The lowest BCUT2D eigenvalue weighted by molar-refractivity contribution is -0.185. The summed E-state index contributed by atoms with van der Waals surface area (Å²) in [5.41, 5.74) is 2.26. The van der Waals surface area contributed by atoms with Crippen LogP contribution in [0.2, 0.25) is 10.0 Å². The van der Waals surface area contributed by atoms with Crippen LogP contribution in [0.3, 0.4) is 0 Å². The van der Waals surface area contributed by atoms with Crippen molar-refractivity contribution < 1.29 is 28.2 Å². The number of ether oxygens (including phenoxy) is 2. The fourth-order valence-corrected chi connectivity index (χ4v) is 6.08. The zero-order valence-electron chi connectivity index (χ0n) is 23.9. The van der Waals surface area contributed by atoms with Crippen molar-refractivity contribution in [2.24, 2.45) is 5.92 Å². The maximum absolute atomic E-state index is 14.5. The van der Waals surface area contributed by atoms with Crippen LogP contribution in [0, 0.1) is 11.7 Å². The van der Waals surface area contributed by atoms with E-state index < -0.39 is 30.2 Å². The summed E-state index contributed by atoms with van der Waals surface area (Å²) in [6, 6.07) is 18.9. The van der Waals surface area contributed by atoms with Crippen molar-refractivity contribution in [1.29, 1.82) is 0 Å². The molecule has 0 spiro atoms. The molecular weight excluding hydrogens is 594 g/mol. The number of esters is 1. The highest BCUT2D eigenvalue weighted by molar-refractivity contribution is 6.30. The summed E-state index contributed by atoms with van der Waals surface area (Å²) in [6.45, 7) is 2.42. The number of likely N-dealkylation sites (tertiary alicyclic amines) is 1. The largest absolute Gasteiger partial charge is 0.469 e. The van der Waals surface area contributed by atoms with Crippen LogP contribution in [0.4, 0.5) is 4.39 Å². The van der Waals surface area contributed by atoms with Gasteiger partial charge >= 0.3 is 5.97 Å². The SMILES string of the molecule is CCCC(C(=O)N1CC(C(=O)OC)C1)N1C(=O)[C@@H](Cc2ccc(F)cc2)O[C@H](c2ccc(Cl)cc2)[C@@H]1c1ccc(Cl)cc1. The molecule has 3 aromatic rings. The van der Waals surface area contributed by atoms with E-state index in [0.717, 1.165) is 16.7 Å². The fraction of sp³-hybridized carbons (Fsp3) is 0.364. The van der Waals surface area contributed by atoms with E-state index >= 15 is 0 Å². The summed E-state index contributed by atoms with van der Waals surface area (Å²) in [6.07, 6.45) is -0.371. The lowest BCUT2D eigenvalue weighted by Gasteiger charge is -2.49. The van der Waals surface area contributed by atoms with Gasteiger partial charge in [0.25, 0.3) is 5.91 Å². The molecule has 2 heterocycles. The minimum absolute atomic E-state index is 0.189. The summed E-state index contributed by atoms with van der Waals surface area (Å²) in [7, 11) is 1.33. The Morgan fingerprint density at radius 1 is 0.953 bits per heavy atom. The Morgan fingerprint density at radius 3 is 2.09 bits per heavy atom. The van der Waals surface area contributed by atoms with Crippen molar-refractivity contribution in [3.63, 3.8) is 0 Å². The molecule has 2 aliphatic rings. The first kappa shape index (κ1) is 31.0. The zero-order valence-corrected chi connectivity index (χ0v) is 25.4. The van der Waals surface area contributed by atoms with Crippen molar-refractivity contribution in [2.45, 2.75) is 50.5 Å². The second-order valence-corrected chi connectivity index (χ2v) is 11.8. The first-order chi connectivity index (χ1) is 20.7. The summed E-state index contributed by atoms with van der Waals surface area (Å²) in [5, 5.41) is 1.08. The van der Waals surface area contributed by atoms with Crippen LogP contribution in [-0.4, -0.2) is 59.9 Å². The van der Waals surface area contributed by atoms with Gasteiger partial charge in [-0.15, -0.1) is 0 Å². The average molecular weight is 628 g/mol. The van der Waals surface area contributed by atoms with Gasteiger partial charge in [-0.3, -0.25) is 14.4 Å². The highest BCUT2D eigenvalue weighted by atomic mass is 35.5. The van der Waals surface area contributed by atoms with Gasteiger partial charge in [0, 0.05) is 29.6 Å². The quantitative estimate of drug-likeness (QED) is 0.265. The van der Waals surface area contributed by atoms with Crippen LogP contribution < -0.4 is 0 Å². The summed E-state index contributed by atoms with van der Waals surface area (Å²) in [5.74, 6) is -1.70. The smallest absolute Gasteiger partial charge is 0.312 e. The van der Waals surface area contributed by atoms with E-state index in [0.29, 0.717) is 22.9 Å². The van der Waals surface area contributed by atoms with E-state index in [1.54, 1.807) is 46.2 Å². The molecular formula is C33H33Cl2FN2O5. The number of amides is 2. The van der Waals surface area contributed by atoms with Gasteiger partial charge in [0.2, 0.25) is 5.91 Å². The van der Waals surface area contributed by atoms with Gasteiger partial charge in [0.05, 0.1) is 19.1 Å². The summed E-state index contributed by atoms with van der Waals surface area (Å²) < 4.78 is 25.2. The lowest BCUT2D eigenvalue weighted by atomic mass is 9.88. The first-order valence-corrected chi connectivity index (χ1v) is 15.0. The molecule has 0 aliphatic carbocycles. The number of hydrogen-bond donors (Lipinski definition) is 0. The van der Waals surface area contributed by atoms with E-state index in [-0.39, 0.29) is 43.1 Å². The van der Waals surface area contributed by atoms with E-state index in [2.05, 4.69) is 0 Å². The number of rotatable bonds is 9. The second kappa shape index (κ2) is 13.5. The molecule has 3 aromatic carbocycles. The molecule has 226 valence electrons. The number of carbonyl (C=O) groups is 3. The van der Waals surface area contributed by atoms with Crippen LogP contribution in [0.1, 0.15) is 48.6 Å². The average Bonchev–Trinajstić information content (AvgIpc) is 2.98. The van der Waals surface area contributed by atoms with Crippen LogP contribution in [0.25, 0.3) is 0 Å². The molecule has 7 nitrogen and oxygen atoms in total. The molecule has 0 radical (unpaired) electrons. The molecule has 2 fully saturated rings. The number of halogens is 3. The Kier molecular flexibility index (Phi) is 9.69. The Hall–Kier alpha value is -3.46. The molecule has 43 heavy (non-hydrogen) atoms. The summed E-state index contributed by atoms with van der Waals surface area (Å²) >= 11 is 12.5. The third-order valence-corrected chi connectivity index (χ3v) is 8.59. The van der Waals surface area contributed by atoms with Gasteiger partial charge in [-0.2, -0.15) is 0 Å². The van der Waals surface area contributed by atoms with Crippen LogP contribution in [-0.2, 0) is 30.3 Å². The van der Waals surface area contributed by atoms with E-state index in [1.165, 1.54) is 19.2 Å². The normalized spacial score (nSPS) is 21.3. The van der Waals surface area contributed by atoms with Gasteiger partial charge < -0.3 is 19.3 Å². The molecule has 5 rings (SSSR count). The number of hydrogen-bond acceptors (Lipinski definition) is 5. The highest BCUT2D eigenvalue weighted by Gasteiger charge is 2.50. The minimum atomic E-state index is -0.943. The molecule has 0 N–H and O–H groups in total. The Bertz CT molecular complexity index is 1450. The fourth-order valence-electron chi connectivity index (χ4n) is 5.82. The van der Waals surface area contributed by atoms with Crippen LogP contribution >= 0.6 is 23.2 Å². The molecule has 2 saturated heterocycles. The standard InChI is InChI=1S/C33H33Cl2FN2O5/c1-3-4-27(31(39)37-18-23(19-37)33(41)42-2)38-29(21-7-11-24(34)12-8-21)30(22-9-13-25(35)14-10-22)43-28(32(38)40)17-20-5-15-26(36)16-6-20/h5-16,23,27-30H,3-4,17-19H2,1-2H3/t27?,28-,29+,30-/m1/s1. The second-order valence-electron chi connectivity index (χ2n) is 10.9. The van der Waals surface area contributed by atoms with Gasteiger partial charge in [0.1, 0.15) is 24.1 Å². The first-order valence-electron chi connectivity index (χ1n) is 14.3. The molecule has 0 bridgehead atoms. The van der Waals surface area contributed by atoms with Crippen molar-refractivity contribution in [3.05, 3.63) is 105 Å². The molecule has 0 saturated carbocycles. The maximum Gasteiger partial charge on any atom is 0.312 e. The third kappa shape index (κ3) is 6.71. The minimum Gasteiger partial charge on any atom is -0.469 e. The van der Waals surface area contributed by atoms with E-state index in [4.69, 9.17) is 32.7 Å². The van der Waals surface area contributed by atoms with Gasteiger partial charge in [-0.25, -0.2) is 4.39 Å². The molecule has 2 amide bonds.